The van der Waals surface area contributed by atoms with Gasteiger partial charge in [0.25, 0.3) is 6.47 Å². The lowest BCUT2D eigenvalue weighted by atomic mass is 9.99. The maximum atomic E-state index is 10.3. The van der Waals surface area contributed by atoms with E-state index in [9.17, 15) is 35.4 Å². The normalized spacial score (nSPS) is 47.6. The van der Waals surface area contributed by atoms with E-state index in [1.807, 2.05) is 0 Å². The molecule has 0 spiro atoms. The van der Waals surface area contributed by atoms with Gasteiger partial charge in [0.05, 0.1) is 6.61 Å². The van der Waals surface area contributed by atoms with Crippen LogP contribution in [-0.2, 0) is 23.7 Å². The van der Waals surface area contributed by atoms with E-state index < -0.39 is 74.6 Å². The summed E-state index contributed by atoms with van der Waals surface area (Å²) in [6.45, 7) is -2.05. The Labute approximate surface area is 141 Å². The average Bonchev–Trinajstić information content (AvgIpc) is 2.86. The van der Waals surface area contributed by atoms with Crippen molar-refractivity contribution in [1.29, 1.82) is 0 Å². The van der Waals surface area contributed by atoms with E-state index in [-0.39, 0.29) is 6.47 Å². The smallest absolute Gasteiger partial charge is 0.293 e. The van der Waals surface area contributed by atoms with Crippen LogP contribution < -0.4 is 0 Å². The van der Waals surface area contributed by atoms with Crippen molar-refractivity contribution >= 4 is 6.47 Å². The van der Waals surface area contributed by atoms with E-state index in [1.54, 1.807) is 0 Å². The fourth-order valence-corrected chi connectivity index (χ4v) is 2.75. The molecule has 12 nitrogen and oxygen atoms in total. The van der Waals surface area contributed by atoms with Crippen molar-refractivity contribution in [3.8, 4) is 0 Å². The minimum absolute atomic E-state index is 0.0879. The zero-order chi connectivity index (χ0) is 18.8. The number of carbonyl (C=O) groups excluding carboxylic acids is 1. The van der Waals surface area contributed by atoms with E-state index >= 15 is 0 Å². The van der Waals surface area contributed by atoms with Crippen LogP contribution in [0, 0.1) is 0 Å². The molecule has 2 saturated heterocycles. The molecule has 12 heteroatoms. The Balaban J connectivity index is 2.16. The summed E-state index contributed by atoms with van der Waals surface area (Å²) < 4.78 is 20.1. The third kappa shape index (κ3) is 3.78. The molecule has 0 aliphatic carbocycles. The molecule has 0 aromatic heterocycles. The molecule has 0 radical (unpaired) electrons. The molecule has 7 N–H and O–H groups in total. The summed E-state index contributed by atoms with van der Waals surface area (Å²) in [6.07, 6.45) is -12.8. The molecule has 25 heavy (non-hydrogen) atoms. The number of hydrogen-bond donors (Lipinski definition) is 7. The van der Waals surface area contributed by atoms with Crippen LogP contribution in [0.4, 0.5) is 0 Å². The molecule has 0 amide bonds. The lowest BCUT2D eigenvalue weighted by Crippen LogP contribution is -2.62. The van der Waals surface area contributed by atoms with E-state index in [2.05, 4.69) is 4.74 Å². The second-order valence-corrected chi connectivity index (χ2v) is 5.81. The van der Waals surface area contributed by atoms with Crippen LogP contribution in [-0.4, -0.2) is 117 Å². The lowest BCUT2D eigenvalue weighted by molar-refractivity contribution is -0.383. The summed E-state index contributed by atoms with van der Waals surface area (Å²) in [6, 6.07) is 0. The maximum Gasteiger partial charge on any atom is 0.293 e. The maximum absolute atomic E-state index is 10.3. The Hall–Kier alpha value is -0.930. The fraction of sp³-hybridized carbons (Fsp3) is 0.923. The summed E-state index contributed by atoms with van der Waals surface area (Å²) in [7, 11) is 0. The number of aliphatic hydroxyl groups excluding tert-OH is 7. The van der Waals surface area contributed by atoms with Gasteiger partial charge in [-0.1, -0.05) is 0 Å². The Morgan fingerprint density at radius 2 is 1.64 bits per heavy atom. The fourth-order valence-electron chi connectivity index (χ4n) is 2.75. The van der Waals surface area contributed by atoms with E-state index in [1.165, 1.54) is 0 Å². The second kappa shape index (κ2) is 8.18. The molecule has 2 heterocycles. The third-order valence-corrected chi connectivity index (χ3v) is 4.22. The van der Waals surface area contributed by atoms with Gasteiger partial charge in [0.1, 0.15) is 55.9 Å². The van der Waals surface area contributed by atoms with Crippen molar-refractivity contribution in [2.75, 3.05) is 19.8 Å². The summed E-state index contributed by atoms with van der Waals surface area (Å²) in [4.78, 5) is 10.3. The SMILES string of the molecule is O=COC[C@H]1O[C@H](O[C@]2(CO)O[C@H](CO)[C@@H](O)[C@@H]2O)[C@H](O)[C@@H](O)[C@@H]1O. The van der Waals surface area contributed by atoms with Crippen LogP contribution in [0.2, 0.25) is 0 Å². The van der Waals surface area contributed by atoms with Crippen LogP contribution >= 0.6 is 0 Å². The first-order valence-corrected chi connectivity index (χ1v) is 7.49. The topological polar surface area (TPSA) is 196 Å². The monoisotopic (exact) mass is 370 g/mol. The van der Waals surface area contributed by atoms with E-state index in [0.29, 0.717) is 0 Å². The van der Waals surface area contributed by atoms with Gasteiger partial charge in [-0.3, -0.25) is 4.79 Å². The minimum atomic E-state index is -2.25. The molecule has 0 saturated carbocycles. The number of ether oxygens (including phenoxy) is 4. The van der Waals surface area contributed by atoms with Crippen molar-refractivity contribution in [2.24, 2.45) is 0 Å². The first-order chi connectivity index (χ1) is 11.8. The Morgan fingerprint density at radius 3 is 2.16 bits per heavy atom. The molecule has 2 rings (SSSR count). The van der Waals surface area contributed by atoms with Crippen LogP contribution in [0.25, 0.3) is 0 Å². The molecule has 0 aromatic carbocycles. The molecule has 146 valence electrons. The largest absolute Gasteiger partial charge is 0.465 e. The van der Waals surface area contributed by atoms with Gasteiger partial charge in [-0.2, -0.15) is 0 Å². The minimum Gasteiger partial charge on any atom is -0.465 e. The van der Waals surface area contributed by atoms with Crippen LogP contribution in [0.5, 0.6) is 0 Å². The Morgan fingerprint density at radius 1 is 0.960 bits per heavy atom. The molecule has 0 aromatic rings. The molecule has 9 atom stereocenters. The van der Waals surface area contributed by atoms with Crippen molar-refractivity contribution in [3.63, 3.8) is 0 Å². The summed E-state index contributed by atoms with van der Waals surface area (Å²) in [5, 5.41) is 68.2. The zero-order valence-electron chi connectivity index (χ0n) is 13.0. The van der Waals surface area contributed by atoms with E-state index in [4.69, 9.17) is 19.3 Å². The highest BCUT2D eigenvalue weighted by molar-refractivity contribution is 5.36. The molecule has 0 unspecified atom stereocenters. The number of aliphatic hydroxyl groups is 7. The highest BCUT2D eigenvalue weighted by Gasteiger charge is 2.58. The summed E-state index contributed by atoms with van der Waals surface area (Å²) >= 11 is 0. The van der Waals surface area contributed by atoms with Crippen LogP contribution in [0.15, 0.2) is 0 Å². The van der Waals surface area contributed by atoms with Crippen molar-refractivity contribution in [1.82, 2.24) is 0 Å². The van der Waals surface area contributed by atoms with Crippen molar-refractivity contribution in [2.45, 2.75) is 54.8 Å². The summed E-state index contributed by atoms with van der Waals surface area (Å²) in [5.41, 5.74) is 0. The van der Waals surface area contributed by atoms with Crippen molar-refractivity contribution < 1.29 is 59.5 Å². The van der Waals surface area contributed by atoms with Crippen LogP contribution in [0.1, 0.15) is 0 Å². The number of rotatable bonds is 7. The molecule has 2 aliphatic heterocycles. The van der Waals surface area contributed by atoms with Gasteiger partial charge < -0.3 is 54.7 Å². The highest BCUT2D eigenvalue weighted by atomic mass is 16.8. The number of hydrogen-bond acceptors (Lipinski definition) is 12. The lowest BCUT2D eigenvalue weighted by Gasteiger charge is -2.43. The first-order valence-electron chi connectivity index (χ1n) is 7.49. The molecular formula is C13H22O12. The van der Waals surface area contributed by atoms with Gasteiger partial charge in [-0.25, -0.2) is 0 Å². The zero-order valence-corrected chi connectivity index (χ0v) is 13.0. The van der Waals surface area contributed by atoms with Crippen LogP contribution in [0.3, 0.4) is 0 Å². The molecule has 0 bridgehead atoms. The average molecular weight is 370 g/mol. The third-order valence-electron chi connectivity index (χ3n) is 4.22. The van der Waals surface area contributed by atoms with Gasteiger partial charge in [0.2, 0.25) is 5.79 Å². The van der Waals surface area contributed by atoms with Gasteiger partial charge in [0, 0.05) is 0 Å². The number of carbonyl (C=O) groups is 1. The molecular weight excluding hydrogens is 348 g/mol. The van der Waals surface area contributed by atoms with Crippen molar-refractivity contribution in [3.05, 3.63) is 0 Å². The molecule has 2 aliphatic rings. The Bertz CT molecular complexity index is 449. The predicted octanol–water partition coefficient (Wildman–Crippen LogP) is -5.21. The first kappa shape index (κ1) is 20.4. The Kier molecular flexibility index (Phi) is 6.67. The summed E-state index contributed by atoms with van der Waals surface area (Å²) in [5.74, 6) is -2.25. The van der Waals surface area contributed by atoms with Gasteiger partial charge in [0.15, 0.2) is 6.29 Å². The van der Waals surface area contributed by atoms with E-state index in [0.717, 1.165) is 0 Å². The quantitative estimate of drug-likeness (QED) is 0.211. The predicted molar refractivity (Wildman–Crippen MR) is 73.6 cm³/mol. The molecule has 2 fully saturated rings. The van der Waals surface area contributed by atoms with Gasteiger partial charge in [-0.05, 0) is 0 Å². The van der Waals surface area contributed by atoms with Gasteiger partial charge >= 0.3 is 0 Å². The second-order valence-electron chi connectivity index (χ2n) is 5.81. The highest BCUT2D eigenvalue weighted by Crippen LogP contribution is 2.35. The standard InChI is InChI=1S/C13H22O12/c14-1-5-8(18)11(21)13(3-15,24-5)25-12-10(20)9(19)7(17)6(23-12)2-22-4-16/h4-12,14-15,17-21H,1-3H2/t5-,6-,7-,8-,9+,10-,11+,12-,13+/m1/s1. The van der Waals surface area contributed by atoms with Gasteiger partial charge in [-0.15, -0.1) is 0 Å².